The average Bonchev–Trinajstić information content (AvgIpc) is 3.13. The van der Waals surface area contributed by atoms with Crippen LogP contribution in [-0.2, 0) is 0 Å². The summed E-state index contributed by atoms with van der Waals surface area (Å²) in [5, 5.41) is 29.8. The highest BCUT2D eigenvalue weighted by Crippen LogP contribution is 2.32. The third kappa shape index (κ3) is 2.93. The molecule has 1 aromatic heterocycles. The predicted octanol–water partition coefficient (Wildman–Crippen LogP) is 2.37. The molecule has 0 amide bonds. The number of aromatic nitrogens is 1. The highest BCUT2D eigenvalue weighted by atomic mass is 32.1. The van der Waals surface area contributed by atoms with Gasteiger partial charge < -0.3 is 19.8 Å². The number of β-amino-alcohol motifs (C(OH)–C–C–N with tert-alkyl or cyclic N) is 1. The van der Waals surface area contributed by atoms with Crippen molar-refractivity contribution in [1.82, 2.24) is 9.88 Å². The number of hydrogen-bond donors (Lipinski definition) is 3. The molecule has 0 atom stereocenters. The van der Waals surface area contributed by atoms with E-state index in [-0.39, 0.29) is 24.7 Å². The van der Waals surface area contributed by atoms with Crippen molar-refractivity contribution >= 4 is 22.7 Å². The first-order valence-electron chi connectivity index (χ1n) is 7.11. The predicted molar refractivity (Wildman–Crippen MR) is 90.0 cm³/mol. The van der Waals surface area contributed by atoms with Gasteiger partial charge in [0.15, 0.2) is 0 Å². The van der Waals surface area contributed by atoms with Crippen molar-refractivity contribution in [2.45, 2.75) is 0 Å². The summed E-state index contributed by atoms with van der Waals surface area (Å²) in [6, 6.07) is 7.57. The van der Waals surface area contributed by atoms with E-state index in [4.69, 9.17) is 15.3 Å². The average molecular weight is 331 g/mol. The summed E-state index contributed by atoms with van der Waals surface area (Å²) < 4.78 is 5.14. The molecule has 0 unspecified atom stereocenters. The van der Waals surface area contributed by atoms with Gasteiger partial charge in [-0.3, -0.25) is 5.41 Å². The Morgan fingerprint density at radius 1 is 1.35 bits per heavy atom. The molecule has 1 aromatic carbocycles. The van der Waals surface area contributed by atoms with Crippen LogP contribution in [0.5, 0.6) is 5.75 Å². The zero-order valence-corrected chi connectivity index (χ0v) is 13.4. The van der Waals surface area contributed by atoms with Gasteiger partial charge in [-0.25, -0.2) is 4.98 Å². The van der Waals surface area contributed by atoms with Crippen LogP contribution in [0.3, 0.4) is 0 Å². The Bertz CT molecular complexity index is 752. The van der Waals surface area contributed by atoms with Crippen LogP contribution in [0, 0.1) is 5.41 Å². The third-order valence-electron chi connectivity index (χ3n) is 3.66. The highest BCUT2D eigenvalue weighted by molar-refractivity contribution is 7.11. The Hall–Kier alpha value is -2.38. The maximum Gasteiger partial charge on any atom is 0.135 e. The number of thiazole rings is 1. The fourth-order valence-electron chi connectivity index (χ4n) is 2.45. The van der Waals surface area contributed by atoms with E-state index < -0.39 is 0 Å². The molecule has 0 fully saturated rings. The van der Waals surface area contributed by atoms with Gasteiger partial charge in [0.25, 0.3) is 0 Å². The Kier molecular flexibility index (Phi) is 4.31. The first kappa shape index (κ1) is 15.5. The molecular weight excluding hydrogens is 314 g/mol. The van der Waals surface area contributed by atoms with E-state index in [1.165, 1.54) is 11.3 Å². The quantitative estimate of drug-likeness (QED) is 0.783. The van der Waals surface area contributed by atoms with Crippen LogP contribution in [0.1, 0.15) is 5.01 Å². The van der Waals surface area contributed by atoms with Crippen LogP contribution >= 0.6 is 11.3 Å². The maximum absolute atomic E-state index is 10.1. The number of aliphatic hydroxyl groups is 2. The van der Waals surface area contributed by atoms with Crippen molar-refractivity contribution in [3.63, 3.8) is 0 Å². The molecule has 2 heterocycles. The van der Waals surface area contributed by atoms with E-state index >= 15 is 0 Å². The number of aliphatic hydroxyl groups excluding tert-OH is 2. The second-order valence-corrected chi connectivity index (χ2v) is 5.94. The van der Waals surface area contributed by atoms with Crippen molar-refractivity contribution in [2.24, 2.45) is 0 Å². The van der Waals surface area contributed by atoms with Crippen LogP contribution in [0.4, 0.5) is 0 Å². The number of ether oxygens (including phenoxy) is 1. The SMILES string of the molecule is COc1ccc(-c2csc(C3=C(O)CN(CCO)C3=N)n2)cc1. The first-order chi connectivity index (χ1) is 11.1. The van der Waals surface area contributed by atoms with E-state index in [0.717, 1.165) is 17.0 Å². The van der Waals surface area contributed by atoms with Crippen molar-refractivity contribution in [3.05, 3.63) is 40.4 Å². The van der Waals surface area contributed by atoms with Crippen molar-refractivity contribution in [3.8, 4) is 17.0 Å². The molecule has 0 aliphatic carbocycles. The Labute approximate surface area is 137 Å². The molecule has 1 aliphatic heterocycles. The molecule has 3 rings (SSSR count). The number of rotatable bonds is 5. The fourth-order valence-corrected chi connectivity index (χ4v) is 3.35. The van der Waals surface area contributed by atoms with E-state index in [2.05, 4.69) is 4.98 Å². The minimum Gasteiger partial charge on any atom is -0.510 e. The molecule has 7 heteroatoms. The third-order valence-corrected chi connectivity index (χ3v) is 4.52. The Morgan fingerprint density at radius 2 is 2.09 bits per heavy atom. The Morgan fingerprint density at radius 3 is 2.74 bits per heavy atom. The van der Waals surface area contributed by atoms with Crippen LogP contribution < -0.4 is 4.74 Å². The second kappa shape index (κ2) is 6.39. The van der Waals surface area contributed by atoms with Gasteiger partial charge in [-0.05, 0) is 24.3 Å². The van der Waals surface area contributed by atoms with Gasteiger partial charge in [0.1, 0.15) is 22.4 Å². The van der Waals surface area contributed by atoms with E-state index in [1.807, 2.05) is 29.6 Å². The van der Waals surface area contributed by atoms with Crippen molar-refractivity contribution in [1.29, 1.82) is 5.41 Å². The number of benzene rings is 1. The van der Waals surface area contributed by atoms with Gasteiger partial charge in [0.05, 0.1) is 31.5 Å². The number of hydrogen-bond acceptors (Lipinski definition) is 6. The largest absolute Gasteiger partial charge is 0.510 e. The first-order valence-corrected chi connectivity index (χ1v) is 7.99. The lowest BCUT2D eigenvalue weighted by Gasteiger charge is -2.16. The fraction of sp³-hybridized carbons (Fsp3) is 0.250. The molecule has 0 saturated carbocycles. The van der Waals surface area contributed by atoms with Gasteiger partial charge in [0.2, 0.25) is 0 Å². The number of nitrogens with zero attached hydrogens (tertiary/aromatic N) is 2. The highest BCUT2D eigenvalue weighted by Gasteiger charge is 2.29. The molecule has 1 aliphatic rings. The summed E-state index contributed by atoms with van der Waals surface area (Å²) in [4.78, 5) is 6.17. The molecule has 2 aromatic rings. The number of methoxy groups -OCH3 is 1. The van der Waals surface area contributed by atoms with Crippen LogP contribution in [-0.4, -0.2) is 52.7 Å². The summed E-state index contributed by atoms with van der Waals surface area (Å²) >= 11 is 1.39. The minimum absolute atomic E-state index is 0.0576. The summed E-state index contributed by atoms with van der Waals surface area (Å²) in [6.07, 6.45) is 0. The van der Waals surface area contributed by atoms with Gasteiger partial charge in [-0.2, -0.15) is 0 Å². The zero-order valence-electron chi connectivity index (χ0n) is 12.6. The molecule has 0 radical (unpaired) electrons. The van der Waals surface area contributed by atoms with E-state index in [1.54, 1.807) is 12.0 Å². The van der Waals surface area contributed by atoms with Gasteiger partial charge in [-0.15, -0.1) is 11.3 Å². The summed E-state index contributed by atoms with van der Waals surface area (Å²) in [5.74, 6) is 1.10. The van der Waals surface area contributed by atoms with Gasteiger partial charge in [0, 0.05) is 17.5 Å². The maximum atomic E-state index is 10.1. The lowest BCUT2D eigenvalue weighted by atomic mass is 10.1. The number of nitrogens with one attached hydrogen (secondary N) is 1. The molecular formula is C16H17N3O3S. The summed E-state index contributed by atoms with van der Waals surface area (Å²) in [5.41, 5.74) is 2.19. The van der Waals surface area contributed by atoms with Crippen LogP contribution in [0.2, 0.25) is 0 Å². The molecule has 0 spiro atoms. The van der Waals surface area contributed by atoms with Crippen molar-refractivity contribution in [2.75, 3.05) is 26.8 Å². The van der Waals surface area contributed by atoms with E-state index in [9.17, 15) is 5.11 Å². The molecule has 0 bridgehead atoms. The zero-order chi connectivity index (χ0) is 16.4. The van der Waals surface area contributed by atoms with E-state index in [0.29, 0.717) is 17.1 Å². The molecule has 0 saturated heterocycles. The van der Waals surface area contributed by atoms with Crippen LogP contribution in [0.15, 0.2) is 35.4 Å². The molecule has 120 valence electrons. The normalized spacial score (nSPS) is 14.7. The summed E-state index contributed by atoms with van der Waals surface area (Å²) in [6.45, 7) is 0.507. The lowest BCUT2D eigenvalue weighted by molar-refractivity contribution is 0.248. The van der Waals surface area contributed by atoms with Gasteiger partial charge in [-0.1, -0.05) is 0 Å². The lowest BCUT2D eigenvalue weighted by Crippen LogP contribution is -2.29. The molecule has 3 N–H and O–H groups in total. The minimum atomic E-state index is -0.0576. The number of amidine groups is 1. The topological polar surface area (TPSA) is 89.7 Å². The second-order valence-electron chi connectivity index (χ2n) is 5.08. The monoisotopic (exact) mass is 331 g/mol. The Balaban J connectivity index is 1.87. The molecule has 23 heavy (non-hydrogen) atoms. The standard InChI is InChI=1S/C16H17N3O3S/c1-22-11-4-2-10(3-5-11)12-9-23-16(18-12)14-13(21)8-19(6-7-20)15(14)17/h2-5,9,17,20-21H,6-8H2,1H3. The molecule has 6 nitrogen and oxygen atoms in total. The summed E-state index contributed by atoms with van der Waals surface area (Å²) in [7, 11) is 1.62. The smallest absolute Gasteiger partial charge is 0.135 e. The van der Waals surface area contributed by atoms with Crippen molar-refractivity contribution < 1.29 is 14.9 Å². The van der Waals surface area contributed by atoms with Gasteiger partial charge >= 0.3 is 0 Å². The van der Waals surface area contributed by atoms with Crippen LogP contribution in [0.25, 0.3) is 16.8 Å².